The lowest BCUT2D eigenvalue weighted by atomic mass is 10.1. The summed E-state index contributed by atoms with van der Waals surface area (Å²) in [5.41, 5.74) is 1.16. The predicted octanol–water partition coefficient (Wildman–Crippen LogP) is 2.50. The second kappa shape index (κ2) is 7.35. The standard InChI is InChI=1S/C17H21N3O4/c1-22-15-4-3-12(9-16(15)23-2)17(21)19-13-10-18-20(11-13)14-5-7-24-8-6-14/h3-4,9-11,14H,5-8H2,1-2H3,(H,19,21). The zero-order chi connectivity index (χ0) is 16.9. The van der Waals surface area contributed by atoms with Crippen LogP contribution < -0.4 is 14.8 Å². The average Bonchev–Trinajstić information content (AvgIpc) is 3.10. The topological polar surface area (TPSA) is 74.6 Å². The third kappa shape index (κ3) is 3.51. The SMILES string of the molecule is COc1ccc(C(=O)Nc2cnn(C3CCOCC3)c2)cc1OC. The number of hydrogen-bond donors (Lipinski definition) is 1. The highest BCUT2D eigenvalue weighted by molar-refractivity contribution is 6.04. The van der Waals surface area contributed by atoms with Crippen molar-refractivity contribution in [2.45, 2.75) is 18.9 Å². The monoisotopic (exact) mass is 331 g/mol. The fourth-order valence-corrected chi connectivity index (χ4v) is 2.73. The molecule has 1 saturated heterocycles. The number of carbonyl (C=O) groups is 1. The third-order valence-corrected chi connectivity index (χ3v) is 4.07. The number of aromatic nitrogens is 2. The van der Waals surface area contributed by atoms with E-state index >= 15 is 0 Å². The Kier molecular flexibility index (Phi) is 5.00. The number of nitrogens with one attached hydrogen (secondary N) is 1. The second-order valence-corrected chi connectivity index (χ2v) is 5.58. The molecule has 1 aromatic heterocycles. The largest absolute Gasteiger partial charge is 0.493 e. The third-order valence-electron chi connectivity index (χ3n) is 4.07. The number of rotatable bonds is 5. The molecule has 128 valence electrons. The van der Waals surface area contributed by atoms with Crippen LogP contribution in [0.1, 0.15) is 29.2 Å². The summed E-state index contributed by atoms with van der Waals surface area (Å²) in [6.07, 6.45) is 5.39. The van der Waals surface area contributed by atoms with Crippen LogP contribution in [0.2, 0.25) is 0 Å². The first-order valence-corrected chi connectivity index (χ1v) is 7.86. The van der Waals surface area contributed by atoms with Crippen molar-refractivity contribution >= 4 is 11.6 Å². The summed E-state index contributed by atoms with van der Waals surface area (Å²) in [6, 6.07) is 5.38. The number of ether oxygens (including phenoxy) is 3. The normalized spacial score (nSPS) is 15.1. The molecule has 1 aliphatic rings. The van der Waals surface area contributed by atoms with Crippen molar-refractivity contribution < 1.29 is 19.0 Å². The molecule has 0 spiro atoms. The number of carbonyl (C=O) groups excluding carboxylic acids is 1. The molecule has 1 N–H and O–H groups in total. The molecule has 7 nitrogen and oxygen atoms in total. The number of methoxy groups -OCH3 is 2. The highest BCUT2D eigenvalue weighted by atomic mass is 16.5. The van der Waals surface area contributed by atoms with Gasteiger partial charge in [-0.3, -0.25) is 9.48 Å². The van der Waals surface area contributed by atoms with Crippen molar-refractivity contribution in [3.8, 4) is 11.5 Å². The molecule has 2 heterocycles. The minimum atomic E-state index is -0.220. The van der Waals surface area contributed by atoms with Crippen LogP contribution in [-0.2, 0) is 4.74 Å². The van der Waals surface area contributed by atoms with Gasteiger partial charge in [0, 0.05) is 25.0 Å². The van der Waals surface area contributed by atoms with Crippen molar-refractivity contribution in [2.75, 3.05) is 32.8 Å². The molecule has 1 aromatic carbocycles. The van der Waals surface area contributed by atoms with Crippen LogP contribution in [-0.4, -0.2) is 43.1 Å². The van der Waals surface area contributed by atoms with E-state index in [1.807, 2.05) is 10.9 Å². The van der Waals surface area contributed by atoms with Crippen molar-refractivity contribution in [3.63, 3.8) is 0 Å². The van der Waals surface area contributed by atoms with Crippen LogP contribution in [0.25, 0.3) is 0 Å². The Balaban J connectivity index is 1.69. The van der Waals surface area contributed by atoms with Gasteiger partial charge in [-0.15, -0.1) is 0 Å². The van der Waals surface area contributed by atoms with Crippen LogP contribution in [0.3, 0.4) is 0 Å². The van der Waals surface area contributed by atoms with Gasteiger partial charge in [0.05, 0.1) is 32.1 Å². The van der Waals surface area contributed by atoms with E-state index in [1.54, 1.807) is 31.5 Å². The van der Waals surface area contributed by atoms with E-state index in [4.69, 9.17) is 14.2 Å². The fourth-order valence-electron chi connectivity index (χ4n) is 2.73. The predicted molar refractivity (Wildman–Crippen MR) is 88.8 cm³/mol. The Morgan fingerprint density at radius 2 is 2.00 bits per heavy atom. The van der Waals surface area contributed by atoms with Crippen molar-refractivity contribution in [2.24, 2.45) is 0 Å². The molecular weight excluding hydrogens is 310 g/mol. The molecule has 1 amide bonds. The summed E-state index contributed by atoms with van der Waals surface area (Å²) < 4.78 is 17.7. The Bertz CT molecular complexity index is 708. The molecule has 1 aliphatic heterocycles. The highest BCUT2D eigenvalue weighted by Crippen LogP contribution is 2.28. The molecule has 3 rings (SSSR count). The Morgan fingerprint density at radius 3 is 2.71 bits per heavy atom. The van der Waals surface area contributed by atoms with Crippen molar-refractivity contribution in [1.29, 1.82) is 0 Å². The van der Waals surface area contributed by atoms with Gasteiger partial charge in [-0.1, -0.05) is 0 Å². The number of amides is 1. The summed E-state index contributed by atoms with van der Waals surface area (Å²) in [5.74, 6) is 0.881. The zero-order valence-electron chi connectivity index (χ0n) is 13.8. The first-order valence-electron chi connectivity index (χ1n) is 7.86. The van der Waals surface area contributed by atoms with E-state index in [2.05, 4.69) is 10.4 Å². The Labute approximate surface area is 140 Å². The van der Waals surface area contributed by atoms with Gasteiger partial charge in [-0.25, -0.2) is 0 Å². The first kappa shape index (κ1) is 16.3. The molecule has 0 saturated carbocycles. The molecule has 1 fully saturated rings. The van der Waals surface area contributed by atoms with Gasteiger partial charge in [-0.05, 0) is 31.0 Å². The molecule has 0 bridgehead atoms. The zero-order valence-corrected chi connectivity index (χ0v) is 13.8. The molecule has 0 radical (unpaired) electrons. The fraction of sp³-hybridized carbons (Fsp3) is 0.412. The van der Waals surface area contributed by atoms with E-state index in [1.165, 1.54) is 7.11 Å². The van der Waals surface area contributed by atoms with Gasteiger partial charge in [0.15, 0.2) is 11.5 Å². The lowest BCUT2D eigenvalue weighted by molar-refractivity contribution is 0.0662. The van der Waals surface area contributed by atoms with Crippen LogP contribution in [0.5, 0.6) is 11.5 Å². The number of nitrogens with zero attached hydrogens (tertiary/aromatic N) is 2. The summed E-state index contributed by atoms with van der Waals surface area (Å²) >= 11 is 0. The summed E-state index contributed by atoms with van der Waals surface area (Å²) in [5, 5.41) is 7.21. The van der Waals surface area contributed by atoms with E-state index in [-0.39, 0.29) is 5.91 Å². The minimum Gasteiger partial charge on any atom is -0.493 e. The Hall–Kier alpha value is -2.54. The average molecular weight is 331 g/mol. The van der Waals surface area contributed by atoms with Gasteiger partial charge in [0.2, 0.25) is 0 Å². The Morgan fingerprint density at radius 1 is 1.25 bits per heavy atom. The van der Waals surface area contributed by atoms with E-state index in [0.717, 1.165) is 26.1 Å². The summed E-state index contributed by atoms with van der Waals surface area (Å²) in [6.45, 7) is 1.50. The minimum absolute atomic E-state index is 0.220. The second-order valence-electron chi connectivity index (χ2n) is 5.58. The number of hydrogen-bond acceptors (Lipinski definition) is 5. The summed E-state index contributed by atoms with van der Waals surface area (Å²) in [7, 11) is 3.10. The van der Waals surface area contributed by atoms with E-state index in [0.29, 0.717) is 28.8 Å². The molecule has 0 unspecified atom stereocenters. The maximum Gasteiger partial charge on any atom is 0.255 e. The lowest BCUT2D eigenvalue weighted by Crippen LogP contribution is -2.19. The maximum atomic E-state index is 12.4. The van der Waals surface area contributed by atoms with Gasteiger partial charge in [0.25, 0.3) is 5.91 Å². The summed E-state index contributed by atoms with van der Waals surface area (Å²) in [4.78, 5) is 12.4. The number of anilines is 1. The van der Waals surface area contributed by atoms with E-state index in [9.17, 15) is 4.79 Å². The van der Waals surface area contributed by atoms with Crippen LogP contribution in [0, 0.1) is 0 Å². The van der Waals surface area contributed by atoms with Crippen LogP contribution in [0.4, 0.5) is 5.69 Å². The van der Waals surface area contributed by atoms with Gasteiger partial charge >= 0.3 is 0 Å². The van der Waals surface area contributed by atoms with Gasteiger partial charge < -0.3 is 19.5 Å². The molecule has 7 heteroatoms. The molecule has 0 atom stereocenters. The lowest BCUT2D eigenvalue weighted by Gasteiger charge is -2.22. The molecule has 2 aromatic rings. The van der Waals surface area contributed by atoms with Gasteiger partial charge in [-0.2, -0.15) is 5.10 Å². The van der Waals surface area contributed by atoms with Crippen molar-refractivity contribution in [1.82, 2.24) is 9.78 Å². The van der Waals surface area contributed by atoms with Crippen LogP contribution in [0.15, 0.2) is 30.6 Å². The molecule has 24 heavy (non-hydrogen) atoms. The quantitative estimate of drug-likeness (QED) is 0.911. The van der Waals surface area contributed by atoms with Crippen molar-refractivity contribution in [3.05, 3.63) is 36.2 Å². The smallest absolute Gasteiger partial charge is 0.255 e. The maximum absolute atomic E-state index is 12.4. The highest BCUT2D eigenvalue weighted by Gasteiger charge is 2.17. The van der Waals surface area contributed by atoms with Gasteiger partial charge in [0.1, 0.15) is 0 Å². The molecule has 0 aliphatic carbocycles. The number of benzene rings is 1. The van der Waals surface area contributed by atoms with Crippen LogP contribution >= 0.6 is 0 Å². The van der Waals surface area contributed by atoms with E-state index < -0.39 is 0 Å². The first-order chi connectivity index (χ1) is 11.7. The molecular formula is C17H21N3O4.